The van der Waals surface area contributed by atoms with Crippen LogP contribution in [0.25, 0.3) is 0 Å². The van der Waals surface area contributed by atoms with Crippen LogP contribution >= 0.6 is 11.6 Å². The van der Waals surface area contributed by atoms with Gasteiger partial charge in [0.25, 0.3) is 0 Å². The van der Waals surface area contributed by atoms with Gasteiger partial charge in [0.15, 0.2) is 0 Å². The van der Waals surface area contributed by atoms with Crippen LogP contribution in [0.5, 0.6) is 0 Å². The molecule has 1 fully saturated rings. The first kappa shape index (κ1) is 14.8. The monoisotopic (exact) mass is 281 g/mol. The van der Waals surface area contributed by atoms with E-state index in [1.54, 1.807) is 0 Å². The molecule has 2 unspecified atom stereocenters. The van der Waals surface area contributed by atoms with Crippen molar-refractivity contribution in [2.75, 3.05) is 6.61 Å². The van der Waals surface area contributed by atoms with Gasteiger partial charge in [-0.05, 0) is 31.9 Å². The van der Waals surface area contributed by atoms with Crippen LogP contribution in [0.3, 0.4) is 0 Å². The van der Waals surface area contributed by atoms with Crippen molar-refractivity contribution in [2.24, 2.45) is 5.41 Å². The molecule has 0 heterocycles. The molecule has 0 radical (unpaired) electrons. The highest BCUT2D eigenvalue weighted by Crippen LogP contribution is 2.43. The van der Waals surface area contributed by atoms with Crippen LogP contribution in [0.4, 0.5) is 0 Å². The lowest BCUT2D eigenvalue weighted by Crippen LogP contribution is -2.61. The van der Waals surface area contributed by atoms with E-state index in [4.69, 9.17) is 16.3 Å². The van der Waals surface area contributed by atoms with Crippen molar-refractivity contribution in [3.63, 3.8) is 0 Å². The molecule has 0 saturated heterocycles. The summed E-state index contributed by atoms with van der Waals surface area (Å²) < 4.78 is 5.77. The van der Waals surface area contributed by atoms with E-state index in [1.807, 2.05) is 18.2 Å². The highest BCUT2D eigenvalue weighted by Gasteiger charge is 2.49. The normalized spacial score (nSPS) is 26.8. The quantitative estimate of drug-likeness (QED) is 0.874. The number of benzene rings is 1. The molecule has 2 nitrogen and oxygen atoms in total. The second-order valence-corrected chi connectivity index (χ2v) is 6.37. The van der Waals surface area contributed by atoms with Gasteiger partial charge in [-0.2, -0.15) is 0 Å². The maximum absolute atomic E-state index is 6.25. The fourth-order valence-corrected chi connectivity index (χ4v) is 3.17. The van der Waals surface area contributed by atoms with Crippen LogP contribution in [-0.4, -0.2) is 18.8 Å². The zero-order chi connectivity index (χ0) is 14.0. The Morgan fingerprint density at radius 3 is 2.68 bits per heavy atom. The minimum Gasteiger partial charge on any atom is -0.378 e. The van der Waals surface area contributed by atoms with Crippen LogP contribution < -0.4 is 5.32 Å². The highest BCUT2D eigenvalue weighted by molar-refractivity contribution is 6.31. The van der Waals surface area contributed by atoms with Gasteiger partial charge in [0.05, 0.1) is 6.10 Å². The van der Waals surface area contributed by atoms with E-state index in [2.05, 4.69) is 39.1 Å². The first-order valence-corrected chi connectivity index (χ1v) is 7.46. The molecule has 3 atom stereocenters. The van der Waals surface area contributed by atoms with E-state index >= 15 is 0 Å². The molecule has 0 amide bonds. The average molecular weight is 282 g/mol. The van der Waals surface area contributed by atoms with Crippen molar-refractivity contribution >= 4 is 11.6 Å². The number of ether oxygens (including phenoxy) is 1. The number of rotatable bonds is 5. The van der Waals surface area contributed by atoms with Gasteiger partial charge in [0, 0.05) is 29.1 Å². The van der Waals surface area contributed by atoms with Crippen LogP contribution in [0, 0.1) is 5.41 Å². The third kappa shape index (κ3) is 2.96. The van der Waals surface area contributed by atoms with Crippen molar-refractivity contribution in [1.29, 1.82) is 0 Å². The summed E-state index contributed by atoms with van der Waals surface area (Å²) in [5.74, 6) is 0. The molecular formula is C16H24ClNO. The molecule has 106 valence electrons. The lowest BCUT2D eigenvalue weighted by atomic mass is 9.64. The maximum atomic E-state index is 6.25. The zero-order valence-electron chi connectivity index (χ0n) is 12.2. The molecular weight excluding hydrogens is 258 g/mol. The van der Waals surface area contributed by atoms with Gasteiger partial charge >= 0.3 is 0 Å². The lowest BCUT2D eigenvalue weighted by molar-refractivity contribution is -0.116. The second kappa shape index (κ2) is 5.82. The van der Waals surface area contributed by atoms with Crippen molar-refractivity contribution in [1.82, 2.24) is 5.32 Å². The number of nitrogens with one attached hydrogen (secondary N) is 1. The summed E-state index contributed by atoms with van der Waals surface area (Å²) >= 11 is 6.25. The molecule has 3 heteroatoms. The molecule has 1 N–H and O–H groups in total. The Morgan fingerprint density at radius 1 is 1.42 bits per heavy atom. The predicted octanol–water partition coefficient (Wildman–Crippen LogP) is 4.19. The standard InChI is InChI=1S/C16H24ClNO/c1-5-19-15-10-14(16(15,3)4)18-11(2)12-8-6-7-9-13(12)17/h6-9,11,14-15,18H,5,10H2,1-4H3/t11-,14?,15?/m1/s1. The first-order chi connectivity index (χ1) is 8.96. The Balaban J connectivity index is 1.98. The van der Waals surface area contributed by atoms with Crippen LogP contribution in [0.2, 0.25) is 5.02 Å². The number of halogens is 1. The number of hydrogen-bond acceptors (Lipinski definition) is 2. The van der Waals surface area contributed by atoms with Gasteiger partial charge in [-0.1, -0.05) is 43.6 Å². The Kier molecular flexibility index (Phi) is 4.54. The summed E-state index contributed by atoms with van der Waals surface area (Å²) in [6.07, 6.45) is 1.45. The molecule has 0 aromatic heterocycles. The van der Waals surface area contributed by atoms with Crippen molar-refractivity contribution in [3.05, 3.63) is 34.9 Å². The smallest absolute Gasteiger partial charge is 0.0655 e. The summed E-state index contributed by atoms with van der Waals surface area (Å²) in [7, 11) is 0. The fourth-order valence-electron chi connectivity index (χ4n) is 2.87. The molecule has 1 aliphatic carbocycles. The van der Waals surface area contributed by atoms with E-state index in [0.717, 1.165) is 18.1 Å². The summed E-state index contributed by atoms with van der Waals surface area (Å²) in [6, 6.07) is 8.79. The van der Waals surface area contributed by atoms with Gasteiger partial charge in [0.1, 0.15) is 0 Å². The second-order valence-electron chi connectivity index (χ2n) is 5.96. The topological polar surface area (TPSA) is 21.3 Å². The van der Waals surface area contributed by atoms with E-state index < -0.39 is 0 Å². The predicted molar refractivity (Wildman–Crippen MR) is 80.6 cm³/mol. The molecule has 0 aliphatic heterocycles. The molecule has 2 rings (SSSR count). The summed E-state index contributed by atoms with van der Waals surface area (Å²) in [5, 5.41) is 4.52. The molecule has 1 aromatic carbocycles. The van der Waals surface area contributed by atoms with Gasteiger partial charge in [-0.25, -0.2) is 0 Å². The third-order valence-corrected chi connectivity index (χ3v) is 4.71. The fraction of sp³-hybridized carbons (Fsp3) is 0.625. The molecule has 1 saturated carbocycles. The first-order valence-electron chi connectivity index (χ1n) is 7.09. The van der Waals surface area contributed by atoms with E-state index in [1.165, 1.54) is 5.56 Å². The van der Waals surface area contributed by atoms with E-state index in [9.17, 15) is 0 Å². The average Bonchev–Trinajstić information content (AvgIpc) is 2.38. The van der Waals surface area contributed by atoms with Crippen molar-refractivity contribution in [2.45, 2.75) is 52.3 Å². The van der Waals surface area contributed by atoms with Gasteiger partial charge in [-0.3, -0.25) is 0 Å². The Labute approximate surface area is 121 Å². The van der Waals surface area contributed by atoms with Crippen LogP contribution in [0.1, 0.15) is 45.7 Å². The van der Waals surface area contributed by atoms with Crippen molar-refractivity contribution in [3.8, 4) is 0 Å². The van der Waals surface area contributed by atoms with Gasteiger partial charge in [0.2, 0.25) is 0 Å². The van der Waals surface area contributed by atoms with E-state index in [0.29, 0.717) is 12.1 Å². The van der Waals surface area contributed by atoms with E-state index in [-0.39, 0.29) is 11.5 Å². The molecule has 0 bridgehead atoms. The summed E-state index contributed by atoms with van der Waals surface area (Å²) in [4.78, 5) is 0. The maximum Gasteiger partial charge on any atom is 0.0655 e. The lowest BCUT2D eigenvalue weighted by Gasteiger charge is -2.52. The minimum atomic E-state index is 0.186. The third-order valence-electron chi connectivity index (χ3n) is 4.37. The summed E-state index contributed by atoms with van der Waals surface area (Å²) in [5.41, 5.74) is 1.35. The largest absolute Gasteiger partial charge is 0.378 e. The zero-order valence-corrected chi connectivity index (χ0v) is 13.0. The SMILES string of the molecule is CCOC1CC(N[C@H](C)c2ccccc2Cl)C1(C)C. The van der Waals surface area contributed by atoms with Crippen molar-refractivity contribution < 1.29 is 4.74 Å². The molecule has 1 aliphatic rings. The molecule has 19 heavy (non-hydrogen) atoms. The Morgan fingerprint density at radius 2 is 2.11 bits per heavy atom. The van der Waals surface area contributed by atoms with Crippen LogP contribution in [0.15, 0.2) is 24.3 Å². The Hall–Kier alpha value is -0.570. The van der Waals surface area contributed by atoms with Gasteiger partial charge < -0.3 is 10.1 Å². The molecule has 0 spiro atoms. The summed E-state index contributed by atoms with van der Waals surface area (Å²) in [6.45, 7) is 9.57. The van der Waals surface area contributed by atoms with Gasteiger partial charge in [-0.15, -0.1) is 0 Å². The Bertz CT molecular complexity index is 433. The van der Waals surface area contributed by atoms with Crippen LogP contribution in [-0.2, 0) is 4.74 Å². The highest BCUT2D eigenvalue weighted by atomic mass is 35.5. The molecule has 1 aromatic rings. The minimum absolute atomic E-state index is 0.186. The number of hydrogen-bond donors (Lipinski definition) is 1.